The van der Waals surface area contributed by atoms with E-state index in [0.717, 1.165) is 35.3 Å². The zero-order chi connectivity index (χ0) is 15.7. The highest BCUT2D eigenvalue weighted by Gasteiger charge is 2.29. The molecule has 1 N–H and O–H groups in total. The average Bonchev–Trinajstić information content (AvgIpc) is 2.83. The summed E-state index contributed by atoms with van der Waals surface area (Å²) in [5, 5.41) is 10.7. The number of benzene rings is 1. The molecule has 1 aromatic carbocycles. The van der Waals surface area contributed by atoms with Gasteiger partial charge in [-0.25, -0.2) is 4.98 Å². The summed E-state index contributed by atoms with van der Waals surface area (Å²) in [4.78, 5) is 7.72. The summed E-state index contributed by atoms with van der Waals surface area (Å²) in [5.74, 6) is 0.971. The molecule has 118 valence electrons. The molecule has 1 aromatic heterocycles. The Kier molecular flexibility index (Phi) is 4.21. The van der Waals surface area contributed by atoms with Crippen molar-refractivity contribution in [2.45, 2.75) is 45.6 Å². The fraction of sp³-hybridized carbons (Fsp3) is 0.471. The first-order valence-corrected chi connectivity index (χ1v) is 8.36. The second kappa shape index (κ2) is 5.99. The van der Waals surface area contributed by atoms with E-state index >= 15 is 0 Å². The lowest BCUT2D eigenvalue weighted by molar-refractivity contribution is 0.0682. The van der Waals surface area contributed by atoms with Crippen LogP contribution in [0.15, 0.2) is 30.5 Å². The summed E-state index contributed by atoms with van der Waals surface area (Å²) in [6, 6.07) is 8.22. The van der Waals surface area contributed by atoms with E-state index < -0.39 is 6.10 Å². The van der Waals surface area contributed by atoms with Crippen LogP contribution in [0.5, 0.6) is 5.75 Å². The molecule has 1 atom stereocenters. The molecule has 1 unspecified atom stereocenters. The number of nitrogens with zero attached hydrogens (tertiary/aromatic N) is 2. The summed E-state index contributed by atoms with van der Waals surface area (Å²) in [5.41, 5.74) is 0.970. The molecule has 4 nitrogen and oxygen atoms in total. The number of fused-ring (bicyclic) bond motifs is 1. The topological polar surface area (TPSA) is 45.6 Å². The van der Waals surface area contributed by atoms with Crippen molar-refractivity contribution in [2.24, 2.45) is 0 Å². The Labute approximate surface area is 135 Å². The molecule has 2 aromatic rings. The van der Waals surface area contributed by atoms with Gasteiger partial charge in [0.25, 0.3) is 0 Å². The van der Waals surface area contributed by atoms with Gasteiger partial charge in [0.05, 0.1) is 17.5 Å². The maximum Gasteiger partial charge on any atom is 0.124 e. The van der Waals surface area contributed by atoms with Gasteiger partial charge in [-0.2, -0.15) is 0 Å². The number of aliphatic hydroxyl groups excluding tert-OH is 1. The van der Waals surface area contributed by atoms with Gasteiger partial charge in [-0.15, -0.1) is 11.3 Å². The van der Waals surface area contributed by atoms with Crippen molar-refractivity contribution in [3.05, 3.63) is 45.9 Å². The van der Waals surface area contributed by atoms with E-state index in [4.69, 9.17) is 4.74 Å². The van der Waals surface area contributed by atoms with Gasteiger partial charge in [-0.3, -0.25) is 4.90 Å². The fourth-order valence-corrected chi connectivity index (χ4v) is 3.69. The second-order valence-corrected chi connectivity index (χ2v) is 7.59. The van der Waals surface area contributed by atoms with Crippen molar-refractivity contribution >= 4 is 11.3 Å². The summed E-state index contributed by atoms with van der Waals surface area (Å²) in [7, 11) is 0. The lowest BCUT2D eigenvalue weighted by Crippen LogP contribution is -2.40. The molecule has 2 heterocycles. The molecule has 0 fully saturated rings. The minimum Gasteiger partial charge on any atom is -0.486 e. The highest BCUT2D eigenvalue weighted by Crippen LogP contribution is 2.30. The summed E-state index contributed by atoms with van der Waals surface area (Å²) >= 11 is 1.58. The quantitative estimate of drug-likeness (QED) is 0.942. The Morgan fingerprint density at radius 2 is 2.18 bits per heavy atom. The van der Waals surface area contributed by atoms with Crippen molar-refractivity contribution in [1.82, 2.24) is 9.88 Å². The molecule has 0 saturated carbocycles. The zero-order valence-corrected chi connectivity index (χ0v) is 14.1. The highest BCUT2D eigenvalue weighted by molar-refractivity contribution is 7.11. The van der Waals surface area contributed by atoms with Crippen LogP contribution in [-0.4, -0.2) is 27.1 Å². The van der Waals surface area contributed by atoms with E-state index in [-0.39, 0.29) is 5.60 Å². The molecule has 3 rings (SSSR count). The minimum atomic E-state index is -0.448. The molecule has 0 aliphatic carbocycles. The van der Waals surface area contributed by atoms with E-state index in [0.29, 0.717) is 0 Å². The van der Waals surface area contributed by atoms with Crippen LogP contribution < -0.4 is 4.74 Å². The second-order valence-electron chi connectivity index (χ2n) is 6.45. The molecular weight excluding hydrogens is 296 g/mol. The SMILES string of the molecule is CC(O)c1cnc(CN2Cc3ccccc3OC(C)(C)C2)s1. The molecule has 0 radical (unpaired) electrons. The Hall–Kier alpha value is -1.43. The van der Waals surface area contributed by atoms with Crippen LogP contribution in [0.25, 0.3) is 0 Å². The minimum absolute atomic E-state index is 0.239. The maximum atomic E-state index is 9.64. The Bertz CT molecular complexity index is 652. The molecular formula is C17H22N2O2S. The standard InChI is InChI=1S/C17H22N2O2S/c1-12(20)15-8-18-16(22-15)10-19-9-13-6-4-5-7-14(13)21-17(2,3)11-19/h4-8,12,20H,9-11H2,1-3H3. The van der Waals surface area contributed by atoms with Gasteiger partial charge in [0.1, 0.15) is 16.4 Å². The third-order valence-electron chi connectivity index (χ3n) is 3.70. The lowest BCUT2D eigenvalue weighted by Gasteiger charge is -2.29. The third kappa shape index (κ3) is 3.48. The predicted molar refractivity (Wildman–Crippen MR) is 88.0 cm³/mol. The number of hydrogen-bond donors (Lipinski definition) is 1. The number of para-hydroxylation sites is 1. The molecule has 5 heteroatoms. The average molecular weight is 318 g/mol. The van der Waals surface area contributed by atoms with Crippen molar-refractivity contribution < 1.29 is 9.84 Å². The molecule has 0 spiro atoms. The number of ether oxygens (including phenoxy) is 1. The number of hydrogen-bond acceptors (Lipinski definition) is 5. The Morgan fingerprint density at radius 1 is 1.41 bits per heavy atom. The van der Waals surface area contributed by atoms with E-state index in [1.165, 1.54) is 5.56 Å². The molecule has 0 saturated heterocycles. The predicted octanol–water partition coefficient (Wildman–Crippen LogP) is 3.37. The molecule has 1 aliphatic heterocycles. The third-order valence-corrected chi connectivity index (χ3v) is 4.85. The number of aromatic nitrogens is 1. The Balaban J connectivity index is 1.81. The molecule has 0 amide bonds. The van der Waals surface area contributed by atoms with Crippen molar-refractivity contribution in [3.8, 4) is 5.75 Å². The largest absolute Gasteiger partial charge is 0.486 e. The van der Waals surface area contributed by atoms with E-state index in [2.05, 4.69) is 29.8 Å². The van der Waals surface area contributed by atoms with Gasteiger partial charge in [0.2, 0.25) is 0 Å². The van der Waals surface area contributed by atoms with Crippen LogP contribution in [0.3, 0.4) is 0 Å². The van der Waals surface area contributed by atoms with Gasteiger partial charge in [-0.05, 0) is 26.8 Å². The fourth-order valence-electron chi connectivity index (χ4n) is 2.79. The molecule has 0 bridgehead atoms. The first kappa shape index (κ1) is 15.5. The molecule has 22 heavy (non-hydrogen) atoms. The number of rotatable bonds is 3. The monoisotopic (exact) mass is 318 g/mol. The van der Waals surface area contributed by atoms with Crippen LogP contribution in [0.4, 0.5) is 0 Å². The van der Waals surface area contributed by atoms with Crippen molar-refractivity contribution in [1.29, 1.82) is 0 Å². The van der Waals surface area contributed by atoms with Crippen LogP contribution in [-0.2, 0) is 13.1 Å². The van der Waals surface area contributed by atoms with Gasteiger partial charge in [0.15, 0.2) is 0 Å². The van der Waals surface area contributed by atoms with E-state index in [1.807, 2.05) is 18.2 Å². The van der Waals surface area contributed by atoms with Crippen molar-refractivity contribution in [3.63, 3.8) is 0 Å². The van der Waals surface area contributed by atoms with Gasteiger partial charge in [-0.1, -0.05) is 18.2 Å². The Morgan fingerprint density at radius 3 is 2.91 bits per heavy atom. The van der Waals surface area contributed by atoms with Crippen LogP contribution in [0.2, 0.25) is 0 Å². The zero-order valence-electron chi connectivity index (χ0n) is 13.2. The van der Waals surface area contributed by atoms with Crippen molar-refractivity contribution in [2.75, 3.05) is 6.54 Å². The smallest absolute Gasteiger partial charge is 0.124 e. The van der Waals surface area contributed by atoms with E-state index in [9.17, 15) is 5.11 Å². The lowest BCUT2D eigenvalue weighted by atomic mass is 10.1. The first-order chi connectivity index (χ1) is 10.4. The first-order valence-electron chi connectivity index (χ1n) is 7.55. The van der Waals surface area contributed by atoms with Crippen LogP contribution in [0.1, 0.15) is 42.3 Å². The maximum absolute atomic E-state index is 9.64. The number of aliphatic hydroxyl groups is 1. The van der Waals surface area contributed by atoms with Gasteiger partial charge < -0.3 is 9.84 Å². The molecule has 1 aliphatic rings. The summed E-state index contributed by atoms with van der Waals surface area (Å²) in [6.07, 6.45) is 1.33. The van der Waals surface area contributed by atoms with Crippen LogP contribution >= 0.6 is 11.3 Å². The normalized spacial score (nSPS) is 19.1. The number of thiazole rings is 1. The van der Waals surface area contributed by atoms with E-state index in [1.54, 1.807) is 24.5 Å². The summed E-state index contributed by atoms with van der Waals surface area (Å²) in [6.45, 7) is 8.47. The van der Waals surface area contributed by atoms with Crippen LogP contribution in [0, 0.1) is 0 Å². The summed E-state index contributed by atoms with van der Waals surface area (Å²) < 4.78 is 6.16. The highest BCUT2D eigenvalue weighted by atomic mass is 32.1. The van der Waals surface area contributed by atoms with Gasteiger partial charge >= 0.3 is 0 Å². The van der Waals surface area contributed by atoms with Gasteiger partial charge in [0, 0.05) is 24.8 Å².